The second kappa shape index (κ2) is 11.6. The number of amides is 3. The second-order valence-corrected chi connectivity index (χ2v) is 11.7. The maximum absolute atomic E-state index is 14.6. The van der Waals surface area contributed by atoms with Crippen LogP contribution in [0.4, 0.5) is 5.69 Å². The number of nitrogens with zero attached hydrogens (tertiary/aromatic N) is 3. The molecule has 0 bridgehead atoms. The third-order valence-electron chi connectivity index (χ3n) is 9.43. The van der Waals surface area contributed by atoms with Gasteiger partial charge in [0.05, 0.1) is 24.5 Å². The van der Waals surface area contributed by atoms with E-state index in [4.69, 9.17) is 9.47 Å². The molecule has 1 unspecified atom stereocenters. The Morgan fingerprint density at radius 2 is 1.65 bits per heavy atom. The van der Waals surface area contributed by atoms with Gasteiger partial charge in [-0.15, -0.1) is 0 Å². The zero-order valence-electron chi connectivity index (χ0n) is 24.7. The number of unbranched alkanes of at least 4 members (excludes halogenated alkanes) is 1. The number of carbonyl (C=O) groups excluding carboxylic acids is 3. The van der Waals surface area contributed by atoms with Crippen molar-refractivity contribution in [2.24, 2.45) is 11.8 Å². The molecular weight excluding hydrogens is 546 g/mol. The minimum absolute atomic E-state index is 0.0110. The van der Waals surface area contributed by atoms with Gasteiger partial charge in [0.2, 0.25) is 11.8 Å². The molecule has 0 aromatic heterocycles. The number of methoxy groups -OCH3 is 1. The lowest BCUT2D eigenvalue weighted by Crippen LogP contribution is -2.56. The molecule has 2 aromatic rings. The van der Waals surface area contributed by atoms with Gasteiger partial charge < -0.3 is 29.3 Å². The molecule has 0 aliphatic carbocycles. The van der Waals surface area contributed by atoms with E-state index in [1.165, 1.54) is 0 Å². The standard InChI is InChI=1S/C34H39N3O6/c1-3-33-17-9-19-35(23-24-11-5-4-6-12-24)30(39)27(33)28-31(40)37(20-7-8-22-38)29-32(41)36(21-10-18-34(28,29)43-33)25-13-15-26(42-2)16-14-25/h4-6,9-18,27-29,38H,3,7-8,19-23H2,1-2H3/t27-,28-,29?,33+,34-/m0/s1. The van der Waals surface area contributed by atoms with Crippen molar-refractivity contribution in [3.05, 3.63) is 84.5 Å². The summed E-state index contributed by atoms with van der Waals surface area (Å²) in [6.07, 6.45) is 9.19. The van der Waals surface area contributed by atoms with Gasteiger partial charge in [-0.2, -0.15) is 0 Å². The van der Waals surface area contributed by atoms with Crippen LogP contribution in [0.2, 0.25) is 0 Å². The van der Waals surface area contributed by atoms with Crippen LogP contribution >= 0.6 is 0 Å². The average Bonchev–Trinajstić information content (AvgIpc) is 3.32. The minimum atomic E-state index is -1.31. The van der Waals surface area contributed by atoms with E-state index < -0.39 is 29.1 Å². The fourth-order valence-electron chi connectivity index (χ4n) is 7.38. The number of fused-ring (bicyclic) bond motifs is 2. The van der Waals surface area contributed by atoms with Crippen molar-refractivity contribution in [2.45, 2.75) is 50.0 Å². The van der Waals surface area contributed by atoms with Crippen molar-refractivity contribution >= 4 is 23.4 Å². The molecule has 2 aromatic carbocycles. The molecule has 4 heterocycles. The molecule has 2 saturated heterocycles. The Kier molecular flexibility index (Phi) is 7.87. The summed E-state index contributed by atoms with van der Waals surface area (Å²) in [5.74, 6) is -1.62. The van der Waals surface area contributed by atoms with Crippen LogP contribution in [0, 0.1) is 11.8 Å². The van der Waals surface area contributed by atoms with E-state index in [-0.39, 0.29) is 30.9 Å². The Hall–Kier alpha value is -3.95. The first-order valence-electron chi connectivity index (χ1n) is 15.1. The van der Waals surface area contributed by atoms with Crippen LogP contribution < -0.4 is 9.64 Å². The fourth-order valence-corrected chi connectivity index (χ4v) is 7.38. The van der Waals surface area contributed by atoms with Crippen LogP contribution in [-0.2, 0) is 25.7 Å². The highest BCUT2D eigenvalue weighted by atomic mass is 16.5. The van der Waals surface area contributed by atoms with E-state index in [0.29, 0.717) is 50.3 Å². The number of ether oxygens (including phenoxy) is 2. The van der Waals surface area contributed by atoms with E-state index in [1.807, 2.05) is 73.7 Å². The predicted octanol–water partition coefficient (Wildman–Crippen LogP) is 3.33. The molecule has 1 N–H and O–H groups in total. The summed E-state index contributed by atoms with van der Waals surface area (Å²) >= 11 is 0. The Morgan fingerprint density at radius 3 is 2.35 bits per heavy atom. The normalized spacial score (nSPS) is 29.8. The molecule has 4 aliphatic heterocycles. The first-order valence-corrected chi connectivity index (χ1v) is 15.1. The lowest BCUT2D eigenvalue weighted by Gasteiger charge is -2.38. The number of carbonyl (C=O) groups is 3. The number of hydrogen-bond acceptors (Lipinski definition) is 6. The van der Waals surface area contributed by atoms with Gasteiger partial charge in [-0.25, -0.2) is 0 Å². The van der Waals surface area contributed by atoms with Crippen LogP contribution in [-0.4, -0.2) is 83.2 Å². The monoisotopic (exact) mass is 585 g/mol. The van der Waals surface area contributed by atoms with E-state index in [2.05, 4.69) is 0 Å². The molecular formula is C34H39N3O6. The zero-order chi connectivity index (χ0) is 30.2. The topological polar surface area (TPSA) is 99.6 Å². The van der Waals surface area contributed by atoms with Crippen LogP contribution in [0.5, 0.6) is 5.75 Å². The number of rotatable bonds is 9. The Morgan fingerprint density at radius 1 is 0.907 bits per heavy atom. The van der Waals surface area contributed by atoms with Crippen molar-refractivity contribution in [3.8, 4) is 5.75 Å². The van der Waals surface area contributed by atoms with Gasteiger partial charge in [-0.1, -0.05) is 61.6 Å². The molecule has 2 fully saturated rings. The second-order valence-electron chi connectivity index (χ2n) is 11.7. The molecule has 5 atom stereocenters. The van der Waals surface area contributed by atoms with Crippen molar-refractivity contribution in [1.29, 1.82) is 0 Å². The molecule has 43 heavy (non-hydrogen) atoms. The number of aliphatic hydroxyl groups excluding tert-OH is 1. The summed E-state index contributed by atoms with van der Waals surface area (Å²) in [4.78, 5) is 48.7. The summed E-state index contributed by atoms with van der Waals surface area (Å²) < 4.78 is 12.4. The molecule has 4 aliphatic rings. The van der Waals surface area contributed by atoms with Crippen molar-refractivity contribution in [3.63, 3.8) is 0 Å². The van der Waals surface area contributed by atoms with Gasteiger partial charge in [0, 0.05) is 38.5 Å². The van der Waals surface area contributed by atoms with Gasteiger partial charge in [0.1, 0.15) is 17.4 Å². The highest BCUT2D eigenvalue weighted by molar-refractivity contribution is 6.06. The molecule has 0 saturated carbocycles. The summed E-state index contributed by atoms with van der Waals surface area (Å²) in [5.41, 5.74) is -0.660. The third-order valence-corrected chi connectivity index (χ3v) is 9.43. The van der Waals surface area contributed by atoms with Gasteiger partial charge in [-0.3, -0.25) is 14.4 Å². The van der Waals surface area contributed by atoms with Crippen LogP contribution in [0.15, 0.2) is 78.9 Å². The maximum atomic E-state index is 14.6. The minimum Gasteiger partial charge on any atom is -0.497 e. The number of anilines is 1. The Balaban J connectivity index is 1.43. The van der Waals surface area contributed by atoms with Crippen LogP contribution in [0.25, 0.3) is 0 Å². The number of hydrogen-bond donors (Lipinski definition) is 1. The summed E-state index contributed by atoms with van der Waals surface area (Å²) in [6.45, 7) is 3.37. The van der Waals surface area contributed by atoms with E-state index in [1.54, 1.807) is 33.9 Å². The smallest absolute Gasteiger partial charge is 0.253 e. The lowest BCUT2D eigenvalue weighted by molar-refractivity contribution is -0.150. The molecule has 9 heteroatoms. The van der Waals surface area contributed by atoms with Crippen molar-refractivity contribution < 1.29 is 29.0 Å². The van der Waals surface area contributed by atoms with Gasteiger partial charge in [-0.05, 0) is 49.1 Å². The molecule has 226 valence electrons. The first-order chi connectivity index (χ1) is 20.9. The zero-order valence-corrected chi connectivity index (χ0v) is 24.7. The van der Waals surface area contributed by atoms with Gasteiger partial charge in [0.25, 0.3) is 5.91 Å². The van der Waals surface area contributed by atoms with Crippen molar-refractivity contribution in [1.82, 2.24) is 9.80 Å². The molecule has 3 amide bonds. The number of aliphatic hydroxyl groups is 1. The quantitative estimate of drug-likeness (QED) is 0.358. The Labute approximate surface area is 252 Å². The van der Waals surface area contributed by atoms with Crippen molar-refractivity contribution in [2.75, 3.05) is 38.3 Å². The van der Waals surface area contributed by atoms with E-state index in [0.717, 1.165) is 5.56 Å². The first kappa shape index (κ1) is 29.1. The highest BCUT2D eigenvalue weighted by Gasteiger charge is 2.75. The van der Waals surface area contributed by atoms with Crippen LogP contribution in [0.1, 0.15) is 31.7 Å². The summed E-state index contributed by atoms with van der Waals surface area (Å²) in [6, 6.07) is 16.1. The fraction of sp³-hybridized carbons (Fsp3) is 0.441. The van der Waals surface area contributed by atoms with Gasteiger partial charge >= 0.3 is 0 Å². The van der Waals surface area contributed by atoms with Crippen LogP contribution in [0.3, 0.4) is 0 Å². The predicted molar refractivity (Wildman–Crippen MR) is 161 cm³/mol. The summed E-state index contributed by atoms with van der Waals surface area (Å²) in [7, 11) is 1.59. The molecule has 0 radical (unpaired) electrons. The molecule has 9 nitrogen and oxygen atoms in total. The largest absolute Gasteiger partial charge is 0.497 e. The summed E-state index contributed by atoms with van der Waals surface area (Å²) in [5, 5.41) is 9.48. The Bertz CT molecular complexity index is 1430. The molecule has 1 spiro atoms. The number of benzene rings is 2. The molecule has 6 rings (SSSR count). The van der Waals surface area contributed by atoms with E-state index >= 15 is 0 Å². The van der Waals surface area contributed by atoms with E-state index in [9.17, 15) is 19.5 Å². The third kappa shape index (κ3) is 4.75. The maximum Gasteiger partial charge on any atom is 0.253 e. The SMILES string of the molecule is CC[C@@]12C=CCN(Cc3ccccc3)C(=O)[C@@H]1[C@H]1C(=O)N(CCCCO)C3C(=O)N(c4ccc(OC)cc4)CC=C[C@@]31O2. The lowest BCUT2D eigenvalue weighted by atomic mass is 9.73. The number of likely N-dealkylation sites (tertiary alicyclic amines) is 1. The average molecular weight is 586 g/mol. The van der Waals surface area contributed by atoms with Gasteiger partial charge in [0.15, 0.2) is 0 Å². The highest BCUT2D eigenvalue weighted by Crippen LogP contribution is 2.58.